The van der Waals surface area contributed by atoms with Crippen molar-refractivity contribution >= 4 is 34.9 Å². The summed E-state index contributed by atoms with van der Waals surface area (Å²) in [7, 11) is 0. The molecule has 6 rings (SSSR count). The molecule has 10 nitrogen and oxygen atoms in total. The number of aromatic nitrogens is 6. The second kappa shape index (κ2) is 10.2. The first-order valence-corrected chi connectivity index (χ1v) is 13.1. The highest BCUT2D eigenvalue weighted by atomic mass is 35.5. The van der Waals surface area contributed by atoms with Crippen LogP contribution < -0.4 is 10.2 Å². The number of benzene rings is 1. The van der Waals surface area contributed by atoms with Gasteiger partial charge in [0.05, 0.1) is 46.7 Å². The van der Waals surface area contributed by atoms with Gasteiger partial charge >= 0.3 is 0 Å². The van der Waals surface area contributed by atoms with Gasteiger partial charge in [0.1, 0.15) is 5.69 Å². The van der Waals surface area contributed by atoms with Crippen molar-refractivity contribution in [2.24, 2.45) is 11.8 Å². The molecule has 4 aromatic rings. The third-order valence-electron chi connectivity index (χ3n) is 7.33. The lowest BCUT2D eigenvalue weighted by Gasteiger charge is -2.20. The highest BCUT2D eigenvalue weighted by molar-refractivity contribution is 6.31. The van der Waals surface area contributed by atoms with Crippen molar-refractivity contribution in [3.63, 3.8) is 0 Å². The Kier molecular flexibility index (Phi) is 6.68. The Morgan fingerprint density at radius 3 is 2.71 bits per heavy atom. The van der Waals surface area contributed by atoms with E-state index in [2.05, 4.69) is 30.6 Å². The predicted molar refractivity (Wildman–Crippen MR) is 142 cm³/mol. The Labute approximate surface area is 236 Å². The van der Waals surface area contributed by atoms with E-state index in [-0.39, 0.29) is 34.3 Å². The number of rotatable bonds is 7. The number of halogens is 4. The van der Waals surface area contributed by atoms with Gasteiger partial charge in [0.15, 0.2) is 11.6 Å². The van der Waals surface area contributed by atoms with Crippen LogP contribution in [-0.4, -0.2) is 48.3 Å². The summed E-state index contributed by atoms with van der Waals surface area (Å²) in [6.07, 6.45) is 3.16. The van der Waals surface area contributed by atoms with Crippen molar-refractivity contribution < 1.29 is 22.8 Å². The monoisotopic (exact) mass is 582 g/mol. The fraction of sp³-hybridized carbons (Fsp3) is 0.296. The van der Waals surface area contributed by atoms with E-state index in [4.69, 9.17) is 11.6 Å². The molecule has 1 aromatic carbocycles. The summed E-state index contributed by atoms with van der Waals surface area (Å²) in [6.45, 7) is 4.40. The maximum atomic E-state index is 14.7. The largest absolute Gasteiger partial charge is 0.318 e. The lowest BCUT2D eigenvalue weighted by Crippen LogP contribution is -2.30. The molecule has 2 fully saturated rings. The number of hydrogen-bond donors (Lipinski definition) is 1. The third-order valence-corrected chi connectivity index (χ3v) is 7.62. The topological polar surface area (TPSA) is 119 Å². The molecule has 210 valence electrons. The zero-order valence-corrected chi connectivity index (χ0v) is 22.5. The summed E-state index contributed by atoms with van der Waals surface area (Å²) < 4.78 is 43.3. The number of amides is 2. The van der Waals surface area contributed by atoms with Crippen LogP contribution in [0.25, 0.3) is 11.3 Å². The number of carbonyl (C=O) groups excluding carboxylic acids is 2. The van der Waals surface area contributed by atoms with Crippen LogP contribution in [-0.2, 0) is 4.79 Å². The Morgan fingerprint density at radius 2 is 2.00 bits per heavy atom. The average molecular weight is 583 g/mol. The van der Waals surface area contributed by atoms with E-state index < -0.39 is 29.3 Å². The van der Waals surface area contributed by atoms with Crippen LogP contribution in [0.5, 0.6) is 0 Å². The molecular formula is C27H22ClF3N8O2. The molecule has 1 saturated carbocycles. The summed E-state index contributed by atoms with van der Waals surface area (Å²) in [5.41, 5.74) is 0.118. The van der Waals surface area contributed by atoms with Crippen LogP contribution in [0.3, 0.4) is 0 Å². The zero-order valence-electron chi connectivity index (χ0n) is 21.7. The quantitative estimate of drug-likeness (QED) is 0.325. The van der Waals surface area contributed by atoms with E-state index in [9.17, 15) is 22.8 Å². The number of aryl methyl sites for hydroxylation is 1. The van der Waals surface area contributed by atoms with Gasteiger partial charge in [-0.05, 0) is 43.9 Å². The number of piperidine rings is 1. The number of alkyl halides is 2. The Balaban J connectivity index is 1.18. The first-order valence-electron chi connectivity index (χ1n) is 12.7. The van der Waals surface area contributed by atoms with E-state index in [1.165, 1.54) is 6.20 Å². The molecule has 41 heavy (non-hydrogen) atoms. The molecule has 4 heterocycles. The maximum Gasteiger partial charge on any atom is 0.275 e. The number of hydrogen-bond acceptors (Lipinski definition) is 7. The number of anilines is 2. The normalized spacial score (nSPS) is 18.5. The van der Waals surface area contributed by atoms with Crippen LogP contribution in [0.2, 0.25) is 5.02 Å². The first-order chi connectivity index (χ1) is 19.6. The van der Waals surface area contributed by atoms with Crippen LogP contribution in [0.15, 0.2) is 43.0 Å². The van der Waals surface area contributed by atoms with E-state index in [0.717, 1.165) is 36.5 Å². The van der Waals surface area contributed by atoms with E-state index >= 15 is 0 Å². The van der Waals surface area contributed by atoms with Gasteiger partial charge in [0.2, 0.25) is 5.91 Å². The minimum Gasteiger partial charge on any atom is -0.318 e. The summed E-state index contributed by atoms with van der Waals surface area (Å²) >= 11 is 5.80. The van der Waals surface area contributed by atoms with Gasteiger partial charge in [-0.25, -0.2) is 18.2 Å². The van der Waals surface area contributed by atoms with Crippen molar-refractivity contribution in [3.8, 4) is 11.3 Å². The van der Waals surface area contributed by atoms with Crippen LogP contribution in [0.4, 0.5) is 24.7 Å². The van der Waals surface area contributed by atoms with Gasteiger partial charge in [0.25, 0.3) is 12.3 Å². The predicted octanol–water partition coefficient (Wildman–Crippen LogP) is 5.01. The van der Waals surface area contributed by atoms with Crippen molar-refractivity contribution in [3.05, 3.63) is 76.3 Å². The van der Waals surface area contributed by atoms with Gasteiger partial charge in [0, 0.05) is 29.8 Å². The minimum absolute atomic E-state index is 0.100. The molecular weight excluding hydrogens is 561 g/mol. The standard InChI is InChI=1S/C27H22ClF3N8O2/c1-12-5-19(36-37-25(12)38-10-14-6-17(14)27(38)41)13(2)39-11-15(7-33-39)34-26(40)21-9-32-8-20(35-21)22-16(24(30)31)3-4-18(28)23(22)29/h3-5,7-9,11,13-14,17,24H,6,10H2,1-2H3,(H,34,40)/t13-,14-,17-/m1/s1. The van der Waals surface area contributed by atoms with Gasteiger partial charge in [-0.1, -0.05) is 17.7 Å². The van der Waals surface area contributed by atoms with Gasteiger partial charge in [-0.3, -0.25) is 24.2 Å². The Bertz CT molecular complexity index is 1700. The molecule has 3 atom stereocenters. The smallest absolute Gasteiger partial charge is 0.275 e. The molecule has 14 heteroatoms. The maximum absolute atomic E-state index is 14.7. The summed E-state index contributed by atoms with van der Waals surface area (Å²) in [5.74, 6) is -0.588. The number of nitrogens with zero attached hydrogens (tertiary/aromatic N) is 7. The molecule has 1 aliphatic heterocycles. The van der Waals surface area contributed by atoms with Crippen molar-refractivity contribution in [2.45, 2.75) is 32.7 Å². The van der Waals surface area contributed by atoms with Crippen molar-refractivity contribution in [1.29, 1.82) is 0 Å². The fourth-order valence-corrected chi connectivity index (χ4v) is 5.14. The number of fused-ring (bicyclic) bond motifs is 1. The highest BCUT2D eigenvalue weighted by Crippen LogP contribution is 2.47. The van der Waals surface area contributed by atoms with Crippen LogP contribution in [0, 0.1) is 24.6 Å². The molecule has 0 unspecified atom stereocenters. The highest BCUT2D eigenvalue weighted by Gasteiger charge is 2.53. The van der Waals surface area contributed by atoms with E-state index in [1.807, 2.05) is 19.9 Å². The first kappa shape index (κ1) is 26.8. The zero-order chi connectivity index (χ0) is 29.0. The van der Waals surface area contributed by atoms with Crippen LogP contribution in [0.1, 0.15) is 53.1 Å². The number of nitrogens with one attached hydrogen (secondary N) is 1. The van der Waals surface area contributed by atoms with Crippen molar-refractivity contribution in [2.75, 3.05) is 16.8 Å². The molecule has 0 radical (unpaired) electrons. The SMILES string of the molecule is Cc1cc([C@@H](C)n2cc(NC(=O)c3cncc(-c4c(C(F)F)ccc(Cl)c4F)n3)cn2)nnc1N1C[C@H]2C[C@H]2C1=O. The average Bonchev–Trinajstić information content (AvgIpc) is 3.45. The van der Waals surface area contributed by atoms with Gasteiger partial charge in [-0.15, -0.1) is 5.10 Å². The van der Waals surface area contributed by atoms with E-state index in [1.54, 1.807) is 15.8 Å². The molecule has 1 aliphatic carbocycles. The molecule has 2 amide bonds. The van der Waals surface area contributed by atoms with E-state index in [0.29, 0.717) is 29.7 Å². The minimum atomic E-state index is -3.00. The van der Waals surface area contributed by atoms with Gasteiger partial charge in [-0.2, -0.15) is 10.2 Å². The molecule has 1 N–H and O–H groups in total. The summed E-state index contributed by atoms with van der Waals surface area (Å²) in [6, 6.07) is 3.53. The molecule has 2 aliphatic rings. The number of carbonyl (C=O) groups is 2. The molecule has 3 aromatic heterocycles. The summed E-state index contributed by atoms with van der Waals surface area (Å²) in [4.78, 5) is 35.0. The second-order valence-electron chi connectivity index (χ2n) is 10.1. The second-order valence-corrected chi connectivity index (χ2v) is 10.5. The van der Waals surface area contributed by atoms with Crippen molar-refractivity contribution in [1.82, 2.24) is 29.9 Å². The fourth-order valence-electron chi connectivity index (χ4n) is 4.99. The van der Waals surface area contributed by atoms with Gasteiger partial charge < -0.3 is 5.32 Å². The van der Waals surface area contributed by atoms with Crippen LogP contribution >= 0.6 is 11.6 Å². The molecule has 0 bridgehead atoms. The third kappa shape index (κ3) is 4.90. The summed E-state index contributed by atoms with van der Waals surface area (Å²) in [5, 5.41) is 15.2. The lowest BCUT2D eigenvalue weighted by atomic mass is 10.0. The Hall–Kier alpha value is -4.39. The molecule has 0 spiro atoms. The lowest BCUT2D eigenvalue weighted by molar-refractivity contribution is -0.118. The molecule has 1 saturated heterocycles. The Morgan fingerprint density at radius 1 is 1.20 bits per heavy atom.